The molecule has 5 nitrogen and oxygen atoms in total. The fraction of sp³-hybridized carbons (Fsp3) is 0.417. The van der Waals surface area contributed by atoms with Crippen LogP contribution in [-0.2, 0) is 4.79 Å². The zero-order valence-electron chi connectivity index (χ0n) is 17.5. The normalized spacial score (nSPS) is 20.0. The Labute approximate surface area is 173 Å². The molecule has 0 saturated carbocycles. The molecule has 0 bridgehead atoms. The van der Waals surface area contributed by atoms with Crippen LogP contribution < -0.4 is 11.1 Å². The number of aryl methyl sites for hydroxylation is 1. The molecular weight excluding hydrogens is 362 g/mol. The lowest BCUT2D eigenvalue weighted by Crippen LogP contribution is -2.49. The van der Waals surface area contributed by atoms with Gasteiger partial charge in [-0.25, -0.2) is 0 Å². The standard InChI is InChI=1S/C24H31N3O2/c1-16(2)13-22(26-23(28)19-12-8-7-9-17(19)3)24(29)27-14-20(21(25)15-27)18-10-5-4-6-11-18/h4-12,16,20-22H,13-15,25H2,1-3H3,(H,26,28)/t20-,21+,22?/m0/s1. The lowest BCUT2D eigenvalue weighted by molar-refractivity contribution is -0.132. The van der Waals surface area contributed by atoms with Crippen molar-refractivity contribution in [3.63, 3.8) is 0 Å². The van der Waals surface area contributed by atoms with Gasteiger partial charge in [-0.3, -0.25) is 9.59 Å². The van der Waals surface area contributed by atoms with Crippen molar-refractivity contribution in [3.8, 4) is 0 Å². The summed E-state index contributed by atoms with van der Waals surface area (Å²) < 4.78 is 0. The number of hydrogen-bond donors (Lipinski definition) is 2. The predicted molar refractivity (Wildman–Crippen MR) is 116 cm³/mol. The van der Waals surface area contributed by atoms with E-state index in [-0.39, 0.29) is 29.7 Å². The average molecular weight is 394 g/mol. The molecule has 2 aromatic rings. The molecule has 154 valence electrons. The Morgan fingerprint density at radius 3 is 2.38 bits per heavy atom. The Morgan fingerprint density at radius 1 is 1.07 bits per heavy atom. The Balaban J connectivity index is 1.74. The van der Waals surface area contributed by atoms with E-state index in [4.69, 9.17) is 5.73 Å². The van der Waals surface area contributed by atoms with E-state index < -0.39 is 6.04 Å². The van der Waals surface area contributed by atoms with Crippen molar-refractivity contribution < 1.29 is 9.59 Å². The average Bonchev–Trinajstić information content (AvgIpc) is 3.09. The Hall–Kier alpha value is -2.66. The second kappa shape index (κ2) is 9.23. The topological polar surface area (TPSA) is 75.4 Å². The van der Waals surface area contributed by atoms with Crippen molar-refractivity contribution in [2.24, 2.45) is 11.7 Å². The first kappa shape index (κ1) is 21.1. The molecule has 29 heavy (non-hydrogen) atoms. The molecule has 1 aliphatic rings. The van der Waals surface area contributed by atoms with E-state index in [0.29, 0.717) is 25.1 Å². The largest absolute Gasteiger partial charge is 0.340 e. The number of nitrogens with two attached hydrogens (primary N) is 1. The molecule has 3 atom stereocenters. The van der Waals surface area contributed by atoms with Gasteiger partial charge in [0.15, 0.2) is 0 Å². The van der Waals surface area contributed by atoms with Gasteiger partial charge >= 0.3 is 0 Å². The van der Waals surface area contributed by atoms with Gasteiger partial charge in [0.2, 0.25) is 5.91 Å². The van der Waals surface area contributed by atoms with Gasteiger partial charge in [0, 0.05) is 30.6 Å². The summed E-state index contributed by atoms with van der Waals surface area (Å²) in [5.74, 6) is 0.147. The molecule has 0 aliphatic carbocycles. The maximum absolute atomic E-state index is 13.3. The van der Waals surface area contributed by atoms with Crippen molar-refractivity contribution in [1.29, 1.82) is 0 Å². The number of carbonyl (C=O) groups is 2. The monoisotopic (exact) mass is 393 g/mol. The number of nitrogens with zero attached hydrogens (tertiary/aromatic N) is 1. The number of hydrogen-bond acceptors (Lipinski definition) is 3. The highest BCUT2D eigenvalue weighted by atomic mass is 16.2. The van der Waals surface area contributed by atoms with Crippen LogP contribution in [-0.4, -0.2) is 41.9 Å². The van der Waals surface area contributed by atoms with Crippen molar-refractivity contribution in [2.45, 2.75) is 45.2 Å². The number of benzene rings is 2. The Bertz CT molecular complexity index is 850. The van der Waals surface area contributed by atoms with Crippen LogP contribution in [0.2, 0.25) is 0 Å². The third kappa shape index (κ3) is 5.04. The minimum Gasteiger partial charge on any atom is -0.340 e. The first-order chi connectivity index (χ1) is 13.9. The fourth-order valence-electron chi connectivity index (χ4n) is 4.04. The minimum atomic E-state index is -0.552. The van der Waals surface area contributed by atoms with Crippen molar-refractivity contribution in [1.82, 2.24) is 10.2 Å². The van der Waals surface area contributed by atoms with Crippen LogP contribution in [0.15, 0.2) is 54.6 Å². The van der Waals surface area contributed by atoms with Gasteiger partial charge < -0.3 is 16.0 Å². The zero-order chi connectivity index (χ0) is 21.0. The van der Waals surface area contributed by atoms with Crippen molar-refractivity contribution >= 4 is 11.8 Å². The number of likely N-dealkylation sites (tertiary alicyclic amines) is 1. The van der Waals surface area contributed by atoms with Crippen LogP contribution in [0.1, 0.15) is 47.7 Å². The highest BCUT2D eigenvalue weighted by Crippen LogP contribution is 2.27. The van der Waals surface area contributed by atoms with Gasteiger partial charge in [-0.2, -0.15) is 0 Å². The summed E-state index contributed by atoms with van der Waals surface area (Å²) in [6, 6.07) is 16.9. The van der Waals surface area contributed by atoms with E-state index in [1.165, 1.54) is 0 Å². The van der Waals surface area contributed by atoms with Crippen LogP contribution in [0.4, 0.5) is 0 Å². The van der Waals surface area contributed by atoms with Gasteiger partial charge in [-0.1, -0.05) is 62.4 Å². The minimum absolute atomic E-state index is 0.0467. The third-order valence-electron chi connectivity index (χ3n) is 5.60. The van der Waals surface area contributed by atoms with Crippen LogP contribution in [0.25, 0.3) is 0 Å². The molecule has 0 radical (unpaired) electrons. The summed E-state index contributed by atoms with van der Waals surface area (Å²) in [4.78, 5) is 27.9. The molecule has 1 heterocycles. The maximum Gasteiger partial charge on any atom is 0.252 e. The fourth-order valence-corrected chi connectivity index (χ4v) is 4.04. The second-order valence-electron chi connectivity index (χ2n) is 8.39. The van der Waals surface area contributed by atoms with Crippen LogP contribution in [0.3, 0.4) is 0 Å². The molecule has 2 amide bonds. The Kier molecular flexibility index (Phi) is 6.70. The Morgan fingerprint density at radius 2 is 1.72 bits per heavy atom. The van der Waals surface area contributed by atoms with Crippen LogP contribution >= 0.6 is 0 Å². The molecule has 1 saturated heterocycles. The van der Waals surface area contributed by atoms with Gasteiger partial charge in [0.25, 0.3) is 5.91 Å². The quantitative estimate of drug-likeness (QED) is 0.792. The van der Waals surface area contributed by atoms with Gasteiger partial charge in [0.1, 0.15) is 6.04 Å². The van der Waals surface area contributed by atoms with E-state index >= 15 is 0 Å². The van der Waals surface area contributed by atoms with Gasteiger partial charge in [-0.05, 0) is 36.5 Å². The van der Waals surface area contributed by atoms with Crippen molar-refractivity contribution in [2.75, 3.05) is 13.1 Å². The van der Waals surface area contributed by atoms with E-state index in [0.717, 1.165) is 11.1 Å². The summed E-state index contributed by atoms with van der Waals surface area (Å²) in [6.07, 6.45) is 0.595. The van der Waals surface area contributed by atoms with E-state index in [9.17, 15) is 9.59 Å². The molecule has 0 aromatic heterocycles. The summed E-state index contributed by atoms with van der Waals surface area (Å²) in [5, 5.41) is 2.98. The van der Waals surface area contributed by atoms with E-state index in [2.05, 4.69) is 31.3 Å². The SMILES string of the molecule is Cc1ccccc1C(=O)NC(CC(C)C)C(=O)N1C[C@@H](N)[C@H](c2ccccc2)C1. The molecule has 1 fully saturated rings. The molecule has 1 aliphatic heterocycles. The summed E-state index contributed by atoms with van der Waals surface area (Å²) >= 11 is 0. The molecule has 0 spiro atoms. The molecule has 2 aromatic carbocycles. The molecule has 3 rings (SSSR count). The van der Waals surface area contributed by atoms with E-state index in [1.807, 2.05) is 48.2 Å². The number of nitrogens with one attached hydrogen (secondary N) is 1. The predicted octanol–water partition coefficient (Wildman–Crippen LogP) is 3.09. The summed E-state index contributed by atoms with van der Waals surface area (Å²) in [7, 11) is 0. The first-order valence-electron chi connectivity index (χ1n) is 10.3. The highest BCUT2D eigenvalue weighted by molar-refractivity contribution is 5.98. The van der Waals surface area contributed by atoms with Crippen LogP contribution in [0, 0.1) is 12.8 Å². The third-order valence-corrected chi connectivity index (χ3v) is 5.60. The van der Waals surface area contributed by atoms with Crippen LogP contribution in [0.5, 0.6) is 0 Å². The maximum atomic E-state index is 13.3. The molecular formula is C24H31N3O2. The molecule has 1 unspecified atom stereocenters. The lowest BCUT2D eigenvalue weighted by atomic mass is 9.95. The van der Waals surface area contributed by atoms with Crippen molar-refractivity contribution in [3.05, 3.63) is 71.3 Å². The number of carbonyl (C=O) groups excluding carboxylic acids is 2. The second-order valence-corrected chi connectivity index (χ2v) is 8.39. The molecule has 3 N–H and O–H groups in total. The lowest BCUT2D eigenvalue weighted by Gasteiger charge is -2.26. The smallest absolute Gasteiger partial charge is 0.252 e. The number of rotatable bonds is 6. The highest BCUT2D eigenvalue weighted by Gasteiger charge is 2.37. The van der Waals surface area contributed by atoms with Gasteiger partial charge in [-0.15, -0.1) is 0 Å². The summed E-state index contributed by atoms with van der Waals surface area (Å²) in [5.41, 5.74) is 9.03. The molecule has 5 heteroatoms. The van der Waals surface area contributed by atoms with E-state index in [1.54, 1.807) is 6.07 Å². The number of amides is 2. The first-order valence-corrected chi connectivity index (χ1v) is 10.3. The summed E-state index contributed by atoms with van der Waals surface area (Å²) in [6.45, 7) is 7.11. The zero-order valence-corrected chi connectivity index (χ0v) is 17.5. The van der Waals surface area contributed by atoms with Gasteiger partial charge in [0.05, 0.1) is 0 Å².